The van der Waals surface area contributed by atoms with Gasteiger partial charge in [0, 0.05) is 25.7 Å². The van der Waals surface area contributed by atoms with Gasteiger partial charge in [-0.1, -0.05) is 13.8 Å². The van der Waals surface area contributed by atoms with Crippen molar-refractivity contribution in [3.05, 3.63) is 0 Å². The molecule has 4 N–H and O–H groups in total. The highest BCUT2D eigenvalue weighted by Crippen LogP contribution is 2.30. The van der Waals surface area contributed by atoms with E-state index in [4.69, 9.17) is 5.73 Å². The van der Waals surface area contributed by atoms with E-state index in [2.05, 4.69) is 15.5 Å². The summed E-state index contributed by atoms with van der Waals surface area (Å²) in [6.07, 6.45) is 4.76. The van der Waals surface area contributed by atoms with Crippen LogP contribution in [0.4, 0.5) is 0 Å². The van der Waals surface area contributed by atoms with Crippen molar-refractivity contribution in [3.63, 3.8) is 0 Å². The summed E-state index contributed by atoms with van der Waals surface area (Å²) in [5, 5.41) is 5.62. The molecule has 2 aliphatic rings. The van der Waals surface area contributed by atoms with Crippen molar-refractivity contribution in [2.24, 2.45) is 17.6 Å². The molecule has 2 amide bonds. The summed E-state index contributed by atoms with van der Waals surface area (Å²) in [6.45, 7) is 7.14. The van der Waals surface area contributed by atoms with Crippen molar-refractivity contribution in [1.82, 2.24) is 15.5 Å². The van der Waals surface area contributed by atoms with Crippen LogP contribution in [0.5, 0.6) is 0 Å². The fourth-order valence-electron chi connectivity index (χ4n) is 2.79. The molecule has 22 heavy (non-hydrogen) atoms. The molecule has 2 rings (SSSR count). The molecular formula is C16H30N4O2. The Morgan fingerprint density at radius 2 is 1.82 bits per heavy atom. The van der Waals surface area contributed by atoms with Gasteiger partial charge in [-0.25, -0.2) is 0 Å². The summed E-state index contributed by atoms with van der Waals surface area (Å²) in [6, 6.07) is -0.322. The molecule has 0 aromatic carbocycles. The number of hydrogen-bond acceptors (Lipinski definition) is 4. The molecule has 0 aromatic rings. The first-order chi connectivity index (χ1) is 10.5. The van der Waals surface area contributed by atoms with Crippen molar-refractivity contribution < 1.29 is 9.59 Å². The Morgan fingerprint density at radius 3 is 2.36 bits per heavy atom. The van der Waals surface area contributed by atoms with Gasteiger partial charge in [0.1, 0.15) is 0 Å². The molecule has 1 saturated carbocycles. The second-order valence-corrected chi connectivity index (χ2v) is 7.07. The minimum Gasteiger partial charge on any atom is -0.352 e. The Bertz CT molecular complexity index is 388. The Morgan fingerprint density at radius 1 is 1.18 bits per heavy atom. The Balaban J connectivity index is 1.60. The lowest BCUT2D eigenvalue weighted by molar-refractivity contribution is -0.127. The monoisotopic (exact) mass is 310 g/mol. The number of carbonyl (C=O) groups is 2. The number of piperidine rings is 1. The Labute approximate surface area is 133 Å². The maximum atomic E-state index is 11.9. The molecular weight excluding hydrogens is 280 g/mol. The molecule has 0 spiro atoms. The molecule has 0 unspecified atom stereocenters. The predicted octanol–water partition coefficient (Wildman–Crippen LogP) is 0.0765. The molecule has 6 heteroatoms. The van der Waals surface area contributed by atoms with Gasteiger partial charge in [0.25, 0.3) is 0 Å². The fourth-order valence-corrected chi connectivity index (χ4v) is 2.79. The lowest BCUT2D eigenvalue weighted by Crippen LogP contribution is -2.50. The van der Waals surface area contributed by atoms with Crippen LogP contribution in [0.25, 0.3) is 0 Å². The van der Waals surface area contributed by atoms with Crippen LogP contribution in [0, 0.1) is 11.8 Å². The van der Waals surface area contributed by atoms with Crippen LogP contribution < -0.4 is 16.4 Å². The fraction of sp³-hybridized carbons (Fsp3) is 0.875. The third-order valence-electron chi connectivity index (χ3n) is 4.61. The van der Waals surface area contributed by atoms with E-state index in [1.807, 2.05) is 13.8 Å². The maximum absolute atomic E-state index is 11.9. The number of rotatable bonds is 7. The van der Waals surface area contributed by atoms with Crippen LogP contribution in [0.2, 0.25) is 0 Å². The summed E-state index contributed by atoms with van der Waals surface area (Å²) < 4.78 is 0. The molecule has 0 aromatic heterocycles. The highest BCUT2D eigenvalue weighted by atomic mass is 16.2. The minimum atomic E-state index is -0.557. The van der Waals surface area contributed by atoms with Crippen molar-refractivity contribution in [3.8, 4) is 0 Å². The smallest absolute Gasteiger partial charge is 0.239 e. The average Bonchev–Trinajstić information content (AvgIpc) is 3.30. The summed E-state index contributed by atoms with van der Waals surface area (Å²) in [7, 11) is 0. The Kier molecular flexibility index (Phi) is 6.20. The van der Waals surface area contributed by atoms with Gasteiger partial charge in [-0.2, -0.15) is 0 Å². The first kappa shape index (κ1) is 17.2. The van der Waals surface area contributed by atoms with Crippen LogP contribution >= 0.6 is 0 Å². The molecule has 2 fully saturated rings. The van der Waals surface area contributed by atoms with Gasteiger partial charge in [0.2, 0.25) is 11.8 Å². The first-order valence-electron chi connectivity index (χ1n) is 8.50. The number of nitrogens with one attached hydrogen (secondary N) is 2. The van der Waals surface area contributed by atoms with Crippen molar-refractivity contribution >= 4 is 11.8 Å². The molecule has 0 bridgehead atoms. The van der Waals surface area contributed by atoms with Gasteiger partial charge in [-0.05, 0) is 37.5 Å². The quantitative estimate of drug-likeness (QED) is 0.621. The SMILES string of the molecule is CC(C)[C@H](N)C(=O)NCC(=O)NC1CCN(CC2CC2)CC1. The topological polar surface area (TPSA) is 87.5 Å². The van der Waals surface area contributed by atoms with E-state index in [0.29, 0.717) is 0 Å². The zero-order valence-electron chi connectivity index (χ0n) is 13.8. The van der Waals surface area contributed by atoms with Crippen molar-refractivity contribution in [2.45, 2.75) is 51.6 Å². The third kappa shape index (κ3) is 5.57. The second-order valence-electron chi connectivity index (χ2n) is 7.07. The van der Waals surface area contributed by atoms with Gasteiger partial charge >= 0.3 is 0 Å². The molecule has 1 aliphatic carbocycles. The van der Waals surface area contributed by atoms with Gasteiger partial charge in [-0.15, -0.1) is 0 Å². The van der Waals surface area contributed by atoms with Gasteiger partial charge in [-0.3, -0.25) is 9.59 Å². The number of amides is 2. The standard InChI is InChI=1S/C16H30N4O2/c1-11(2)15(17)16(22)18-9-14(21)19-13-5-7-20(8-6-13)10-12-3-4-12/h11-13,15H,3-10,17H2,1-2H3,(H,18,22)(H,19,21)/t15-/m0/s1. The van der Waals surface area contributed by atoms with Gasteiger partial charge in [0.15, 0.2) is 0 Å². The maximum Gasteiger partial charge on any atom is 0.239 e. The predicted molar refractivity (Wildman–Crippen MR) is 86.2 cm³/mol. The van der Waals surface area contributed by atoms with E-state index in [0.717, 1.165) is 31.8 Å². The molecule has 1 aliphatic heterocycles. The van der Waals surface area contributed by atoms with Gasteiger partial charge in [0.05, 0.1) is 12.6 Å². The minimum absolute atomic E-state index is 0.0154. The largest absolute Gasteiger partial charge is 0.352 e. The number of hydrogen-bond donors (Lipinski definition) is 3. The summed E-state index contributed by atoms with van der Waals surface area (Å²) in [5.41, 5.74) is 5.74. The van der Waals surface area contributed by atoms with E-state index in [1.54, 1.807) is 0 Å². The van der Waals surface area contributed by atoms with E-state index in [1.165, 1.54) is 19.4 Å². The van der Waals surface area contributed by atoms with Crippen LogP contribution in [0.15, 0.2) is 0 Å². The number of carbonyl (C=O) groups excluding carboxylic acids is 2. The molecule has 1 heterocycles. The second kappa shape index (κ2) is 7.92. The first-order valence-corrected chi connectivity index (χ1v) is 8.50. The average molecular weight is 310 g/mol. The van der Waals surface area contributed by atoms with E-state index in [9.17, 15) is 9.59 Å². The highest BCUT2D eigenvalue weighted by Gasteiger charge is 2.27. The zero-order chi connectivity index (χ0) is 16.1. The number of nitrogens with zero attached hydrogens (tertiary/aromatic N) is 1. The normalized spacial score (nSPS) is 21.6. The molecule has 1 atom stereocenters. The van der Waals surface area contributed by atoms with Crippen LogP contribution in [-0.2, 0) is 9.59 Å². The van der Waals surface area contributed by atoms with E-state index < -0.39 is 6.04 Å². The summed E-state index contributed by atoms with van der Waals surface area (Å²) in [4.78, 5) is 26.1. The van der Waals surface area contributed by atoms with Crippen LogP contribution in [-0.4, -0.2) is 55.0 Å². The molecule has 126 valence electrons. The summed E-state index contributed by atoms with van der Waals surface area (Å²) in [5.74, 6) is 0.611. The molecule has 6 nitrogen and oxygen atoms in total. The molecule has 1 saturated heterocycles. The lowest BCUT2D eigenvalue weighted by atomic mass is 10.0. The number of likely N-dealkylation sites (tertiary alicyclic amines) is 1. The lowest BCUT2D eigenvalue weighted by Gasteiger charge is -2.32. The third-order valence-corrected chi connectivity index (χ3v) is 4.61. The summed E-state index contributed by atoms with van der Waals surface area (Å²) >= 11 is 0. The van der Waals surface area contributed by atoms with Crippen molar-refractivity contribution in [1.29, 1.82) is 0 Å². The van der Waals surface area contributed by atoms with E-state index in [-0.39, 0.29) is 30.3 Å². The van der Waals surface area contributed by atoms with Crippen LogP contribution in [0.3, 0.4) is 0 Å². The van der Waals surface area contributed by atoms with Gasteiger partial charge < -0.3 is 21.3 Å². The van der Waals surface area contributed by atoms with Crippen LogP contribution in [0.1, 0.15) is 39.5 Å². The molecule has 0 radical (unpaired) electrons. The highest BCUT2D eigenvalue weighted by molar-refractivity contribution is 5.87. The Hall–Kier alpha value is -1.14. The zero-order valence-corrected chi connectivity index (χ0v) is 13.8. The number of nitrogens with two attached hydrogens (primary N) is 1. The van der Waals surface area contributed by atoms with E-state index >= 15 is 0 Å². The van der Waals surface area contributed by atoms with Crippen molar-refractivity contribution in [2.75, 3.05) is 26.2 Å².